The van der Waals surface area contributed by atoms with Gasteiger partial charge in [0.25, 0.3) is 0 Å². The maximum Gasteiger partial charge on any atom is 0.125 e. The van der Waals surface area contributed by atoms with Crippen molar-refractivity contribution in [3.05, 3.63) is 91.0 Å². The molecule has 0 spiro atoms. The van der Waals surface area contributed by atoms with Gasteiger partial charge in [0.15, 0.2) is 0 Å². The van der Waals surface area contributed by atoms with Gasteiger partial charge in [-0.1, -0.05) is 146 Å². The second-order valence-corrected chi connectivity index (χ2v) is 27.5. The Balaban J connectivity index is 2.45. The van der Waals surface area contributed by atoms with Gasteiger partial charge >= 0.3 is 0 Å². The van der Waals surface area contributed by atoms with Gasteiger partial charge in [-0.25, -0.2) is 0 Å². The first-order valence-electron chi connectivity index (χ1n) is 12.0. The fourth-order valence-electron chi connectivity index (χ4n) is 6.93. The van der Waals surface area contributed by atoms with E-state index in [-0.39, 0.29) is 6.10 Å². The molecule has 0 amide bonds. The van der Waals surface area contributed by atoms with Crippen LogP contribution in [0.5, 0.6) is 0 Å². The minimum atomic E-state index is -2.09. The molecule has 0 saturated carbocycles. The van der Waals surface area contributed by atoms with E-state index in [1.807, 2.05) is 0 Å². The van der Waals surface area contributed by atoms with Crippen LogP contribution in [0.2, 0.25) is 39.3 Å². The molecule has 0 N–H and O–H groups in total. The summed E-state index contributed by atoms with van der Waals surface area (Å²) in [5.41, 5.74) is 0. The molecule has 3 aromatic carbocycles. The van der Waals surface area contributed by atoms with E-state index in [1.54, 1.807) is 0 Å². The highest BCUT2D eigenvalue weighted by Crippen LogP contribution is 2.38. The summed E-state index contributed by atoms with van der Waals surface area (Å²) < 4.78 is 7.54. The lowest BCUT2D eigenvalue weighted by Gasteiger charge is -2.68. The maximum atomic E-state index is 7.54. The molecule has 0 atom stereocenters. The van der Waals surface area contributed by atoms with E-state index >= 15 is 0 Å². The van der Waals surface area contributed by atoms with Crippen LogP contribution in [-0.4, -0.2) is 35.1 Å². The smallest absolute Gasteiger partial charge is 0.125 e. The van der Waals surface area contributed by atoms with Crippen LogP contribution in [0.4, 0.5) is 0 Å². The Morgan fingerprint density at radius 3 is 0.969 bits per heavy atom. The summed E-state index contributed by atoms with van der Waals surface area (Å²) in [6, 6.07) is 34.0. The highest BCUT2D eigenvalue weighted by Gasteiger charge is 2.61. The highest BCUT2D eigenvalue weighted by atomic mass is 28.4. The van der Waals surface area contributed by atoms with Gasteiger partial charge in [0.05, 0.1) is 0 Å². The third kappa shape index (κ3) is 4.05. The van der Waals surface area contributed by atoms with Crippen molar-refractivity contribution in [3.63, 3.8) is 0 Å². The van der Waals surface area contributed by atoms with E-state index in [1.165, 1.54) is 15.6 Å². The zero-order valence-electron chi connectivity index (χ0n) is 21.2. The Bertz CT molecular complexity index is 878. The summed E-state index contributed by atoms with van der Waals surface area (Å²) in [4.78, 5) is 0. The monoisotopic (exact) mass is 475 g/mol. The fourth-order valence-corrected chi connectivity index (χ4v) is 38.0. The molecule has 0 aliphatic rings. The van der Waals surface area contributed by atoms with Gasteiger partial charge < -0.3 is 4.65 Å². The Hall–Kier alpha value is -1.66. The predicted molar refractivity (Wildman–Crippen MR) is 153 cm³/mol. The van der Waals surface area contributed by atoms with Crippen molar-refractivity contribution in [2.45, 2.75) is 59.2 Å². The molecule has 0 fully saturated rings. The molecule has 0 bridgehead atoms. The number of hydrogen-bond acceptors (Lipinski definition) is 1. The van der Waals surface area contributed by atoms with E-state index in [4.69, 9.17) is 4.65 Å². The van der Waals surface area contributed by atoms with Crippen molar-refractivity contribution in [3.8, 4) is 0 Å². The first kappa shape index (κ1) is 25.0. The van der Waals surface area contributed by atoms with Crippen LogP contribution in [0.15, 0.2) is 91.0 Å². The standard InChI is InChI=1S/C27H40BOSi3/c1-24(2)29-28(30(3,4)25-18-12-9-13-19-25,31(5,6)26-20-14-10-15-21-26)32(7,8)27-22-16-11-17-23-27/h9-24H,1-8H3/q-1. The summed E-state index contributed by atoms with van der Waals surface area (Å²) in [6.45, 7) is 20.1. The molecule has 170 valence electrons. The van der Waals surface area contributed by atoms with Gasteiger partial charge in [-0.2, -0.15) is 0 Å². The minimum absolute atomic E-state index is 0.191. The van der Waals surface area contributed by atoms with E-state index in [2.05, 4.69) is 144 Å². The third-order valence-electron chi connectivity index (χ3n) is 8.08. The largest absolute Gasteiger partial charge is 0.592 e. The van der Waals surface area contributed by atoms with Crippen molar-refractivity contribution in [2.75, 3.05) is 0 Å². The van der Waals surface area contributed by atoms with Crippen molar-refractivity contribution in [2.24, 2.45) is 0 Å². The fraction of sp³-hybridized carbons (Fsp3) is 0.333. The Labute approximate surface area is 199 Å². The summed E-state index contributed by atoms with van der Waals surface area (Å²) in [5.74, 6) is 0. The molecule has 0 saturated heterocycles. The average Bonchev–Trinajstić information content (AvgIpc) is 2.78. The molecule has 0 aromatic heterocycles. The summed E-state index contributed by atoms with van der Waals surface area (Å²) in [6.07, 6.45) is 0.191. The maximum absolute atomic E-state index is 7.54. The van der Waals surface area contributed by atoms with E-state index < -0.39 is 29.0 Å². The number of rotatable bonds is 8. The topological polar surface area (TPSA) is 9.23 Å². The van der Waals surface area contributed by atoms with Crippen LogP contribution >= 0.6 is 0 Å². The highest BCUT2D eigenvalue weighted by molar-refractivity contribution is 7.92. The quantitative estimate of drug-likeness (QED) is 0.394. The Morgan fingerprint density at radius 2 is 0.750 bits per heavy atom. The van der Waals surface area contributed by atoms with Gasteiger partial charge in [-0.15, -0.1) is 0 Å². The van der Waals surface area contributed by atoms with Crippen LogP contribution < -0.4 is 15.6 Å². The average molecular weight is 476 g/mol. The minimum Gasteiger partial charge on any atom is -0.592 e. The molecule has 3 aromatic rings. The lowest BCUT2D eigenvalue weighted by atomic mass is 10.3. The van der Waals surface area contributed by atoms with Gasteiger partial charge in [-0.05, 0) is 37.7 Å². The molecular weight excluding hydrogens is 435 g/mol. The van der Waals surface area contributed by atoms with Crippen molar-refractivity contribution < 1.29 is 4.65 Å². The van der Waals surface area contributed by atoms with Gasteiger partial charge in [0.1, 0.15) is 5.13 Å². The molecule has 0 radical (unpaired) electrons. The zero-order valence-corrected chi connectivity index (χ0v) is 24.2. The second-order valence-electron chi connectivity index (χ2n) is 11.2. The molecule has 0 unspecified atom stereocenters. The lowest BCUT2D eigenvalue weighted by Crippen LogP contribution is -2.94. The zero-order chi connectivity index (χ0) is 23.6. The normalized spacial score (nSPS) is 13.4. The van der Waals surface area contributed by atoms with Crippen LogP contribution in [0.25, 0.3) is 0 Å². The molecule has 3 rings (SSSR count). The first-order chi connectivity index (χ1) is 15.0. The van der Waals surface area contributed by atoms with Gasteiger partial charge in [0.2, 0.25) is 0 Å². The first-order valence-corrected chi connectivity index (χ1v) is 21.2. The Morgan fingerprint density at radius 1 is 0.500 bits per heavy atom. The van der Waals surface area contributed by atoms with Crippen LogP contribution in [0.1, 0.15) is 13.8 Å². The van der Waals surface area contributed by atoms with Gasteiger partial charge in [-0.3, -0.25) is 0 Å². The summed E-state index contributed by atoms with van der Waals surface area (Å²) in [7, 11) is -6.28. The SMILES string of the molecule is CC(C)O[B-]([Si](C)(C)c1ccccc1)([Si](C)(C)c1ccccc1)[Si](C)(C)c1ccccc1. The molecule has 0 aliphatic carbocycles. The van der Waals surface area contributed by atoms with Crippen LogP contribution in [-0.2, 0) is 4.65 Å². The number of hydrogen-bond donors (Lipinski definition) is 0. The molecule has 0 aliphatic heterocycles. The van der Waals surface area contributed by atoms with Gasteiger partial charge in [0, 0.05) is 6.10 Å². The molecular formula is C27H40BOSi3-. The summed E-state index contributed by atoms with van der Waals surface area (Å²) in [5, 5.41) is 3.42. The van der Waals surface area contributed by atoms with Crippen molar-refractivity contribution >= 4 is 44.5 Å². The third-order valence-corrected chi connectivity index (χ3v) is 33.0. The second kappa shape index (κ2) is 9.30. The van der Waals surface area contributed by atoms with Crippen LogP contribution in [0.3, 0.4) is 0 Å². The van der Waals surface area contributed by atoms with E-state index in [0.29, 0.717) is 0 Å². The van der Waals surface area contributed by atoms with E-state index in [0.717, 1.165) is 0 Å². The Kier molecular flexibility index (Phi) is 7.25. The summed E-state index contributed by atoms with van der Waals surface area (Å²) >= 11 is 0. The molecule has 0 heterocycles. The molecule has 5 heteroatoms. The van der Waals surface area contributed by atoms with Crippen LogP contribution in [0, 0.1) is 0 Å². The van der Waals surface area contributed by atoms with Crippen molar-refractivity contribution in [1.82, 2.24) is 0 Å². The molecule has 32 heavy (non-hydrogen) atoms. The number of benzene rings is 3. The lowest BCUT2D eigenvalue weighted by molar-refractivity contribution is 0.251. The van der Waals surface area contributed by atoms with E-state index in [9.17, 15) is 0 Å². The predicted octanol–water partition coefficient (Wildman–Crippen LogP) is 5.44. The molecule has 1 nitrogen and oxygen atoms in total. The van der Waals surface area contributed by atoms with Crippen molar-refractivity contribution in [1.29, 1.82) is 0 Å².